The van der Waals surface area contributed by atoms with Gasteiger partial charge in [0.1, 0.15) is 0 Å². The molecule has 3 aromatic heterocycles. The van der Waals surface area contributed by atoms with Crippen molar-refractivity contribution >= 4 is 27.4 Å². The van der Waals surface area contributed by atoms with Gasteiger partial charge in [-0.2, -0.15) is 0 Å². The van der Waals surface area contributed by atoms with E-state index in [2.05, 4.69) is 45.4 Å². The van der Waals surface area contributed by atoms with Crippen molar-refractivity contribution in [1.82, 2.24) is 15.0 Å². The molecule has 3 heterocycles. The lowest BCUT2D eigenvalue weighted by atomic mass is 10.00. The van der Waals surface area contributed by atoms with Gasteiger partial charge in [-0.05, 0) is 25.1 Å². The molecule has 1 aromatic carbocycles. The molecule has 0 saturated heterocycles. The van der Waals surface area contributed by atoms with Gasteiger partial charge in [-0.25, -0.2) is 4.98 Å². The number of benzene rings is 1. The number of para-hydroxylation sites is 1. The molecule has 0 bridgehead atoms. The average molecular weight is 320 g/mol. The number of pyridine rings is 1. The Bertz CT molecular complexity index is 913. The molecule has 4 nitrogen and oxygen atoms in total. The number of rotatable bonds is 4. The van der Waals surface area contributed by atoms with Gasteiger partial charge in [0.15, 0.2) is 5.13 Å². The topological polar surface area (TPSA) is 53.6 Å². The zero-order valence-electron chi connectivity index (χ0n) is 12.7. The molecule has 4 rings (SSSR count). The van der Waals surface area contributed by atoms with Gasteiger partial charge in [0.25, 0.3) is 0 Å². The molecule has 0 aliphatic heterocycles. The Kier molecular flexibility index (Phi) is 3.55. The van der Waals surface area contributed by atoms with Crippen LogP contribution in [0.1, 0.15) is 23.0 Å². The molecular formula is C18H16N4S. The summed E-state index contributed by atoms with van der Waals surface area (Å²) in [5.74, 6) is 0. The van der Waals surface area contributed by atoms with Crippen molar-refractivity contribution in [3.05, 3.63) is 77.2 Å². The number of aromatic nitrogens is 3. The van der Waals surface area contributed by atoms with E-state index < -0.39 is 0 Å². The van der Waals surface area contributed by atoms with E-state index in [1.165, 1.54) is 10.9 Å². The van der Waals surface area contributed by atoms with Gasteiger partial charge in [0.05, 0.1) is 11.7 Å². The SMILES string of the molecule is Cc1[nH]c2ccccc2c1C(Nc1nccs1)c1ccccn1. The van der Waals surface area contributed by atoms with Crippen LogP contribution in [0.25, 0.3) is 10.9 Å². The fourth-order valence-electron chi connectivity index (χ4n) is 2.93. The van der Waals surface area contributed by atoms with Crippen LogP contribution >= 0.6 is 11.3 Å². The molecule has 0 amide bonds. The molecule has 0 radical (unpaired) electrons. The van der Waals surface area contributed by atoms with Gasteiger partial charge < -0.3 is 10.3 Å². The summed E-state index contributed by atoms with van der Waals surface area (Å²) in [5, 5.41) is 7.61. The van der Waals surface area contributed by atoms with Crippen molar-refractivity contribution < 1.29 is 0 Å². The lowest BCUT2D eigenvalue weighted by Gasteiger charge is -2.18. The fraction of sp³-hybridized carbons (Fsp3) is 0.111. The van der Waals surface area contributed by atoms with Crippen LogP contribution in [0.2, 0.25) is 0 Å². The average Bonchev–Trinajstić information content (AvgIpc) is 3.20. The van der Waals surface area contributed by atoms with Crippen LogP contribution in [0.15, 0.2) is 60.2 Å². The monoisotopic (exact) mass is 320 g/mol. The van der Waals surface area contributed by atoms with Crippen molar-refractivity contribution in [2.75, 3.05) is 5.32 Å². The Balaban J connectivity index is 1.88. The maximum atomic E-state index is 4.56. The molecule has 0 spiro atoms. The fourth-order valence-corrected chi connectivity index (χ4v) is 3.49. The Morgan fingerprint density at radius 3 is 2.70 bits per heavy atom. The number of H-pyrrole nitrogens is 1. The van der Waals surface area contributed by atoms with Crippen molar-refractivity contribution in [3.63, 3.8) is 0 Å². The molecule has 0 aliphatic rings. The number of hydrogen-bond donors (Lipinski definition) is 2. The second kappa shape index (κ2) is 5.85. The number of anilines is 1. The zero-order chi connectivity index (χ0) is 15.6. The van der Waals surface area contributed by atoms with Gasteiger partial charge in [-0.1, -0.05) is 24.3 Å². The molecule has 0 saturated carbocycles. The van der Waals surface area contributed by atoms with Crippen molar-refractivity contribution in [2.45, 2.75) is 13.0 Å². The van der Waals surface area contributed by atoms with Crippen LogP contribution < -0.4 is 5.32 Å². The lowest BCUT2D eigenvalue weighted by molar-refractivity contribution is 0.881. The van der Waals surface area contributed by atoms with E-state index in [0.29, 0.717) is 0 Å². The predicted molar refractivity (Wildman–Crippen MR) is 94.9 cm³/mol. The van der Waals surface area contributed by atoms with Crippen LogP contribution in [-0.2, 0) is 0 Å². The van der Waals surface area contributed by atoms with Crippen molar-refractivity contribution in [2.24, 2.45) is 0 Å². The minimum atomic E-state index is -0.0431. The van der Waals surface area contributed by atoms with Gasteiger partial charge in [0, 0.05) is 39.9 Å². The quantitative estimate of drug-likeness (QED) is 0.581. The highest BCUT2D eigenvalue weighted by atomic mass is 32.1. The van der Waals surface area contributed by atoms with E-state index in [4.69, 9.17) is 0 Å². The third kappa shape index (κ3) is 2.59. The molecule has 23 heavy (non-hydrogen) atoms. The van der Waals surface area contributed by atoms with E-state index in [9.17, 15) is 0 Å². The first-order valence-electron chi connectivity index (χ1n) is 7.47. The smallest absolute Gasteiger partial charge is 0.183 e. The van der Waals surface area contributed by atoms with Crippen LogP contribution in [0, 0.1) is 6.92 Å². The number of fused-ring (bicyclic) bond motifs is 1. The van der Waals surface area contributed by atoms with E-state index in [1.807, 2.05) is 42.0 Å². The first kappa shape index (κ1) is 14.0. The summed E-state index contributed by atoms with van der Waals surface area (Å²) in [6, 6.07) is 14.3. The summed E-state index contributed by atoms with van der Waals surface area (Å²) in [5.41, 5.74) is 4.48. The molecule has 114 valence electrons. The minimum absolute atomic E-state index is 0.0431. The molecule has 2 N–H and O–H groups in total. The third-order valence-electron chi connectivity index (χ3n) is 3.92. The highest BCUT2D eigenvalue weighted by Gasteiger charge is 2.22. The molecule has 1 atom stereocenters. The zero-order valence-corrected chi connectivity index (χ0v) is 13.5. The van der Waals surface area contributed by atoms with Gasteiger partial charge in [-0.3, -0.25) is 4.98 Å². The summed E-state index contributed by atoms with van der Waals surface area (Å²) in [6.07, 6.45) is 3.64. The summed E-state index contributed by atoms with van der Waals surface area (Å²) < 4.78 is 0. The number of nitrogens with one attached hydrogen (secondary N) is 2. The number of aryl methyl sites for hydroxylation is 1. The molecule has 4 aromatic rings. The second-order valence-electron chi connectivity index (χ2n) is 5.38. The standard InChI is InChI=1S/C18H16N4S/c1-12-16(13-6-2-3-7-14(13)21-12)17(15-8-4-5-9-19-15)22-18-20-10-11-23-18/h2-11,17,21H,1H3,(H,20,22). The summed E-state index contributed by atoms with van der Waals surface area (Å²) >= 11 is 1.59. The van der Waals surface area contributed by atoms with Crippen molar-refractivity contribution in [3.8, 4) is 0 Å². The number of hydrogen-bond acceptors (Lipinski definition) is 4. The van der Waals surface area contributed by atoms with Gasteiger partial charge in [0.2, 0.25) is 0 Å². The van der Waals surface area contributed by atoms with Crippen LogP contribution in [0.3, 0.4) is 0 Å². The molecule has 0 fully saturated rings. The number of nitrogens with zero attached hydrogens (tertiary/aromatic N) is 2. The molecule has 1 unspecified atom stereocenters. The van der Waals surface area contributed by atoms with E-state index in [0.717, 1.165) is 22.0 Å². The first-order chi connectivity index (χ1) is 11.3. The van der Waals surface area contributed by atoms with Crippen LogP contribution in [0.5, 0.6) is 0 Å². The lowest BCUT2D eigenvalue weighted by Crippen LogP contribution is -2.14. The second-order valence-corrected chi connectivity index (χ2v) is 6.27. The number of aromatic amines is 1. The van der Waals surface area contributed by atoms with Crippen LogP contribution in [-0.4, -0.2) is 15.0 Å². The molecule has 5 heteroatoms. The van der Waals surface area contributed by atoms with Crippen LogP contribution in [0.4, 0.5) is 5.13 Å². The summed E-state index contributed by atoms with van der Waals surface area (Å²) in [7, 11) is 0. The summed E-state index contributed by atoms with van der Waals surface area (Å²) in [4.78, 5) is 12.4. The Labute approximate surface area is 138 Å². The third-order valence-corrected chi connectivity index (χ3v) is 4.62. The summed E-state index contributed by atoms with van der Waals surface area (Å²) in [6.45, 7) is 2.11. The normalized spacial score (nSPS) is 12.4. The maximum absolute atomic E-state index is 4.56. The Morgan fingerprint density at radius 1 is 1.04 bits per heavy atom. The molecule has 0 aliphatic carbocycles. The highest BCUT2D eigenvalue weighted by Crippen LogP contribution is 2.34. The van der Waals surface area contributed by atoms with E-state index >= 15 is 0 Å². The Morgan fingerprint density at radius 2 is 1.91 bits per heavy atom. The first-order valence-corrected chi connectivity index (χ1v) is 8.35. The van der Waals surface area contributed by atoms with E-state index in [-0.39, 0.29) is 6.04 Å². The minimum Gasteiger partial charge on any atom is -0.358 e. The highest BCUT2D eigenvalue weighted by molar-refractivity contribution is 7.13. The Hall–Kier alpha value is -2.66. The maximum Gasteiger partial charge on any atom is 0.183 e. The molecular weight excluding hydrogens is 304 g/mol. The van der Waals surface area contributed by atoms with Gasteiger partial charge >= 0.3 is 0 Å². The largest absolute Gasteiger partial charge is 0.358 e. The predicted octanol–water partition coefficient (Wildman–Crippen LogP) is 4.53. The van der Waals surface area contributed by atoms with Gasteiger partial charge in [-0.15, -0.1) is 11.3 Å². The number of thiazole rings is 1. The van der Waals surface area contributed by atoms with Crippen molar-refractivity contribution in [1.29, 1.82) is 0 Å². The van der Waals surface area contributed by atoms with E-state index in [1.54, 1.807) is 11.3 Å².